The Kier molecular flexibility index (Phi) is 3.04. The van der Waals surface area contributed by atoms with E-state index in [4.69, 9.17) is 0 Å². The van der Waals surface area contributed by atoms with Crippen molar-refractivity contribution in [3.8, 4) is 0 Å². The maximum absolute atomic E-state index is 12.1. The highest BCUT2D eigenvalue weighted by Crippen LogP contribution is 2.17. The highest BCUT2D eigenvalue weighted by atomic mass is 32.1. The van der Waals surface area contributed by atoms with Crippen molar-refractivity contribution in [2.24, 2.45) is 0 Å². The Morgan fingerprint density at radius 3 is 2.95 bits per heavy atom. The summed E-state index contributed by atoms with van der Waals surface area (Å²) in [7, 11) is 0. The summed E-state index contributed by atoms with van der Waals surface area (Å²) in [6.45, 7) is 1.99. The number of Topliss-reactive ketones (excluding diaryl/α,β-unsaturated/α-hetero) is 1. The SMILES string of the molecule is Cc1ccc(C(=O)Cn2cnc3ccsc3c2=O)s1. The first-order chi connectivity index (χ1) is 9.15. The molecule has 0 aliphatic heterocycles. The molecule has 0 atom stereocenters. The number of rotatable bonds is 3. The van der Waals surface area contributed by atoms with E-state index in [0.717, 1.165) is 4.88 Å². The number of ketones is 1. The van der Waals surface area contributed by atoms with Gasteiger partial charge in [-0.1, -0.05) is 0 Å². The van der Waals surface area contributed by atoms with Crippen molar-refractivity contribution in [2.75, 3.05) is 0 Å². The maximum atomic E-state index is 12.1. The van der Waals surface area contributed by atoms with Crippen molar-refractivity contribution in [1.82, 2.24) is 9.55 Å². The van der Waals surface area contributed by atoms with Crippen LogP contribution >= 0.6 is 22.7 Å². The van der Waals surface area contributed by atoms with E-state index >= 15 is 0 Å². The van der Waals surface area contributed by atoms with Gasteiger partial charge in [0.1, 0.15) is 4.70 Å². The third kappa shape index (κ3) is 2.24. The van der Waals surface area contributed by atoms with Crippen LogP contribution in [0.25, 0.3) is 10.2 Å². The highest BCUT2D eigenvalue weighted by molar-refractivity contribution is 7.17. The Bertz CT molecular complexity index is 813. The van der Waals surface area contributed by atoms with Crippen LogP contribution in [-0.2, 0) is 6.54 Å². The van der Waals surface area contributed by atoms with Gasteiger partial charge < -0.3 is 0 Å². The fraction of sp³-hybridized carbons (Fsp3) is 0.154. The molecule has 0 saturated heterocycles. The lowest BCUT2D eigenvalue weighted by atomic mass is 10.3. The molecule has 0 amide bonds. The Balaban J connectivity index is 1.95. The monoisotopic (exact) mass is 290 g/mol. The Morgan fingerprint density at radius 1 is 1.37 bits per heavy atom. The molecule has 96 valence electrons. The first-order valence-electron chi connectivity index (χ1n) is 5.67. The van der Waals surface area contributed by atoms with Crippen molar-refractivity contribution < 1.29 is 4.79 Å². The van der Waals surface area contributed by atoms with E-state index in [9.17, 15) is 9.59 Å². The Labute approximate surface area is 117 Å². The minimum atomic E-state index is -0.151. The summed E-state index contributed by atoms with van der Waals surface area (Å²) in [4.78, 5) is 30.2. The second-order valence-electron chi connectivity index (χ2n) is 4.15. The summed E-state index contributed by atoms with van der Waals surface area (Å²) in [6, 6.07) is 5.50. The third-order valence-corrected chi connectivity index (χ3v) is 4.70. The largest absolute Gasteiger partial charge is 0.291 e. The molecular weight excluding hydrogens is 280 g/mol. The van der Waals surface area contributed by atoms with Crippen LogP contribution in [-0.4, -0.2) is 15.3 Å². The lowest BCUT2D eigenvalue weighted by Crippen LogP contribution is -2.23. The van der Waals surface area contributed by atoms with Crippen molar-refractivity contribution in [3.63, 3.8) is 0 Å². The van der Waals surface area contributed by atoms with Gasteiger partial charge in [0.05, 0.1) is 23.3 Å². The maximum Gasteiger partial charge on any atom is 0.271 e. The van der Waals surface area contributed by atoms with E-state index in [1.165, 1.54) is 33.6 Å². The zero-order valence-corrected chi connectivity index (χ0v) is 11.8. The molecule has 6 heteroatoms. The van der Waals surface area contributed by atoms with E-state index < -0.39 is 0 Å². The molecule has 0 spiro atoms. The molecule has 0 unspecified atom stereocenters. The average Bonchev–Trinajstić information content (AvgIpc) is 3.01. The first kappa shape index (κ1) is 12.3. The van der Waals surface area contributed by atoms with Crippen molar-refractivity contribution in [1.29, 1.82) is 0 Å². The molecular formula is C13H10N2O2S2. The highest BCUT2D eigenvalue weighted by Gasteiger charge is 2.12. The Morgan fingerprint density at radius 2 is 2.21 bits per heavy atom. The van der Waals surface area contributed by atoms with Gasteiger partial charge in [-0.15, -0.1) is 22.7 Å². The number of carbonyl (C=O) groups is 1. The fourth-order valence-electron chi connectivity index (χ4n) is 1.81. The molecule has 0 fully saturated rings. The molecule has 0 radical (unpaired) electrons. The minimum absolute atomic E-state index is 0.0413. The van der Waals surface area contributed by atoms with Crippen LogP contribution in [0.5, 0.6) is 0 Å². The molecule has 0 aliphatic carbocycles. The smallest absolute Gasteiger partial charge is 0.271 e. The van der Waals surface area contributed by atoms with Crippen LogP contribution < -0.4 is 5.56 Å². The van der Waals surface area contributed by atoms with E-state index in [-0.39, 0.29) is 17.9 Å². The molecule has 3 heterocycles. The number of aromatic nitrogens is 2. The van der Waals surface area contributed by atoms with Crippen LogP contribution in [0.1, 0.15) is 14.5 Å². The third-order valence-electron chi connectivity index (χ3n) is 2.76. The molecule has 0 N–H and O–H groups in total. The van der Waals surface area contributed by atoms with Crippen LogP contribution in [0.15, 0.2) is 34.7 Å². The topological polar surface area (TPSA) is 52.0 Å². The number of aryl methyl sites for hydroxylation is 1. The lowest BCUT2D eigenvalue weighted by Gasteiger charge is -2.02. The average molecular weight is 290 g/mol. The number of thiophene rings is 2. The number of nitrogens with zero attached hydrogens (tertiary/aromatic N) is 2. The second-order valence-corrected chi connectivity index (χ2v) is 6.35. The van der Waals surface area contributed by atoms with Crippen molar-refractivity contribution in [2.45, 2.75) is 13.5 Å². The molecule has 0 aromatic carbocycles. The molecule has 3 aromatic rings. The standard InChI is InChI=1S/C13H10N2O2S2/c1-8-2-3-11(19-8)10(16)6-15-7-14-9-4-5-18-12(9)13(15)17/h2-5,7H,6H2,1H3. The van der Waals surface area contributed by atoms with Gasteiger partial charge in [-0.2, -0.15) is 0 Å². The summed E-state index contributed by atoms with van der Waals surface area (Å²) in [5.41, 5.74) is 0.535. The molecule has 3 rings (SSSR count). The number of fused-ring (bicyclic) bond motifs is 1. The molecule has 0 aliphatic rings. The van der Waals surface area contributed by atoms with Crippen molar-refractivity contribution >= 4 is 38.7 Å². The number of carbonyl (C=O) groups excluding carboxylic acids is 1. The van der Waals surface area contributed by atoms with Crippen LogP contribution in [0, 0.1) is 6.92 Å². The predicted molar refractivity (Wildman–Crippen MR) is 77.3 cm³/mol. The summed E-state index contributed by atoms with van der Waals surface area (Å²) in [5.74, 6) is -0.0575. The fourth-order valence-corrected chi connectivity index (χ4v) is 3.40. The van der Waals surface area contributed by atoms with Crippen LogP contribution in [0.3, 0.4) is 0 Å². The lowest BCUT2D eigenvalue weighted by molar-refractivity contribution is 0.0974. The van der Waals surface area contributed by atoms with Gasteiger partial charge in [-0.25, -0.2) is 4.98 Å². The van der Waals surface area contributed by atoms with Crippen molar-refractivity contribution in [3.05, 3.63) is 50.0 Å². The Hall–Kier alpha value is -1.79. The van der Waals surface area contributed by atoms with E-state index in [1.807, 2.05) is 18.4 Å². The van der Waals surface area contributed by atoms with E-state index in [2.05, 4.69) is 4.98 Å². The molecule has 0 bridgehead atoms. The van der Waals surface area contributed by atoms with Gasteiger partial charge in [-0.3, -0.25) is 14.2 Å². The molecule has 19 heavy (non-hydrogen) atoms. The quantitative estimate of drug-likeness (QED) is 0.697. The van der Waals surface area contributed by atoms with Gasteiger partial charge >= 0.3 is 0 Å². The van der Waals surface area contributed by atoms with Crippen LogP contribution in [0.2, 0.25) is 0 Å². The summed E-state index contributed by atoms with van der Waals surface area (Å²) in [6.07, 6.45) is 1.44. The van der Waals surface area contributed by atoms with E-state index in [0.29, 0.717) is 15.1 Å². The van der Waals surface area contributed by atoms with Crippen LogP contribution in [0.4, 0.5) is 0 Å². The number of hydrogen-bond donors (Lipinski definition) is 0. The summed E-state index contributed by atoms with van der Waals surface area (Å²) in [5, 5.41) is 1.83. The zero-order chi connectivity index (χ0) is 13.4. The molecule has 3 aromatic heterocycles. The van der Waals surface area contributed by atoms with Gasteiger partial charge in [0, 0.05) is 4.88 Å². The van der Waals surface area contributed by atoms with Gasteiger partial charge in [0.2, 0.25) is 0 Å². The first-order valence-corrected chi connectivity index (χ1v) is 7.37. The normalized spacial score (nSPS) is 11.0. The summed E-state index contributed by atoms with van der Waals surface area (Å²) < 4.78 is 1.97. The van der Waals surface area contributed by atoms with Gasteiger partial charge in [0.15, 0.2) is 5.78 Å². The minimum Gasteiger partial charge on any atom is -0.291 e. The molecule has 0 saturated carbocycles. The predicted octanol–water partition coefficient (Wildman–Crippen LogP) is 2.71. The number of hydrogen-bond acceptors (Lipinski definition) is 5. The van der Waals surface area contributed by atoms with Gasteiger partial charge in [0.25, 0.3) is 5.56 Å². The second kappa shape index (κ2) is 4.71. The molecule has 4 nitrogen and oxygen atoms in total. The van der Waals surface area contributed by atoms with E-state index in [1.54, 1.807) is 12.1 Å². The zero-order valence-electron chi connectivity index (χ0n) is 10.1. The summed E-state index contributed by atoms with van der Waals surface area (Å²) >= 11 is 2.79. The van der Waals surface area contributed by atoms with Gasteiger partial charge in [-0.05, 0) is 30.5 Å².